The van der Waals surface area contributed by atoms with Gasteiger partial charge in [-0.25, -0.2) is 0 Å². The highest BCUT2D eigenvalue weighted by atomic mass is 35.5. The second-order valence-corrected chi connectivity index (χ2v) is 7.67. The Kier molecular flexibility index (Phi) is 6.39. The number of rotatable bonds is 5. The molecule has 1 saturated heterocycles. The summed E-state index contributed by atoms with van der Waals surface area (Å²) in [5, 5.41) is 3.16. The molecule has 1 aliphatic heterocycles. The van der Waals surface area contributed by atoms with Gasteiger partial charge in [-0.15, -0.1) is 0 Å². The molecule has 0 aliphatic carbocycles. The van der Waals surface area contributed by atoms with Gasteiger partial charge in [0, 0.05) is 25.2 Å². The summed E-state index contributed by atoms with van der Waals surface area (Å²) < 4.78 is 10.5. The molecular weight excluding hydrogens is 356 g/mol. The van der Waals surface area contributed by atoms with Crippen molar-refractivity contribution < 1.29 is 19.1 Å². The lowest BCUT2D eigenvalue weighted by Crippen LogP contribution is -2.50. The zero-order valence-electron chi connectivity index (χ0n) is 16.0. The summed E-state index contributed by atoms with van der Waals surface area (Å²) in [4.78, 5) is 27.6. The highest BCUT2D eigenvalue weighted by Gasteiger charge is 2.40. The van der Waals surface area contributed by atoms with Crippen LogP contribution in [0.2, 0.25) is 5.02 Å². The summed E-state index contributed by atoms with van der Waals surface area (Å²) in [5.41, 5.74) is -0.791. The molecule has 1 unspecified atom stereocenters. The number of anilines is 1. The second-order valence-electron chi connectivity index (χ2n) is 7.26. The van der Waals surface area contributed by atoms with E-state index in [0.29, 0.717) is 41.2 Å². The van der Waals surface area contributed by atoms with Gasteiger partial charge in [0.05, 0.1) is 24.9 Å². The largest absolute Gasteiger partial charge is 0.495 e. The van der Waals surface area contributed by atoms with Gasteiger partial charge in [0.2, 0.25) is 11.8 Å². The van der Waals surface area contributed by atoms with Crippen LogP contribution < -0.4 is 14.8 Å². The molecule has 1 aromatic carbocycles. The van der Waals surface area contributed by atoms with Crippen molar-refractivity contribution >= 4 is 29.1 Å². The van der Waals surface area contributed by atoms with E-state index in [4.69, 9.17) is 21.1 Å². The number of carbonyl (C=O) groups is 2. The molecule has 6 nitrogen and oxygen atoms in total. The molecule has 7 heteroatoms. The number of nitrogens with one attached hydrogen (secondary N) is 1. The van der Waals surface area contributed by atoms with E-state index in [1.165, 1.54) is 14.2 Å². The lowest BCUT2D eigenvalue weighted by atomic mass is 9.88. The highest BCUT2D eigenvalue weighted by molar-refractivity contribution is 6.32. The minimum Gasteiger partial charge on any atom is -0.495 e. The van der Waals surface area contributed by atoms with Gasteiger partial charge in [-0.2, -0.15) is 0 Å². The minimum atomic E-state index is -1.20. The lowest BCUT2D eigenvalue weighted by Gasteiger charge is -2.36. The second kappa shape index (κ2) is 8.16. The molecule has 1 N–H and O–H groups in total. The van der Waals surface area contributed by atoms with E-state index in [9.17, 15) is 9.59 Å². The molecule has 2 amide bonds. The molecule has 1 heterocycles. The van der Waals surface area contributed by atoms with Gasteiger partial charge in [-0.05, 0) is 32.6 Å². The quantitative estimate of drug-likeness (QED) is 0.790. The average Bonchev–Trinajstić information content (AvgIpc) is 2.61. The third-order valence-electron chi connectivity index (χ3n) is 4.77. The SMILES string of the molecule is COc1cc(NC(=O)C(C)(C)C(=O)N2CCCC(C)C2)c(OC)cc1Cl. The highest BCUT2D eigenvalue weighted by Crippen LogP contribution is 2.37. The summed E-state index contributed by atoms with van der Waals surface area (Å²) in [5.74, 6) is 0.702. The third kappa shape index (κ3) is 4.23. The van der Waals surface area contributed by atoms with E-state index in [0.717, 1.165) is 12.8 Å². The first-order chi connectivity index (χ1) is 12.2. The third-order valence-corrected chi connectivity index (χ3v) is 5.06. The van der Waals surface area contributed by atoms with Crippen LogP contribution in [0.1, 0.15) is 33.6 Å². The molecule has 1 aliphatic rings. The van der Waals surface area contributed by atoms with Gasteiger partial charge in [-0.1, -0.05) is 18.5 Å². The Hall–Kier alpha value is -1.95. The van der Waals surface area contributed by atoms with Crippen LogP contribution in [-0.4, -0.2) is 44.0 Å². The van der Waals surface area contributed by atoms with Gasteiger partial charge >= 0.3 is 0 Å². The van der Waals surface area contributed by atoms with Crippen molar-refractivity contribution in [3.8, 4) is 11.5 Å². The monoisotopic (exact) mass is 382 g/mol. The zero-order chi connectivity index (χ0) is 19.5. The van der Waals surface area contributed by atoms with Crippen LogP contribution in [0.25, 0.3) is 0 Å². The molecule has 0 saturated carbocycles. The first kappa shape index (κ1) is 20.4. The van der Waals surface area contributed by atoms with Gasteiger partial charge < -0.3 is 19.7 Å². The number of amides is 2. The van der Waals surface area contributed by atoms with Crippen molar-refractivity contribution in [1.29, 1.82) is 0 Å². The summed E-state index contributed by atoms with van der Waals surface area (Å²) in [6, 6.07) is 3.15. The number of piperidine rings is 1. The number of halogens is 1. The Labute approximate surface area is 159 Å². The molecule has 2 rings (SSSR count). The molecule has 0 bridgehead atoms. The first-order valence-electron chi connectivity index (χ1n) is 8.73. The molecule has 144 valence electrons. The topological polar surface area (TPSA) is 67.9 Å². The van der Waals surface area contributed by atoms with E-state index in [-0.39, 0.29) is 5.91 Å². The Morgan fingerprint density at radius 3 is 2.46 bits per heavy atom. The van der Waals surface area contributed by atoms with Crippen molar-refractivity contribution in [2.75, 3.05) is 32.6 Å². The van der Waals surface area contributed by atoms with Crippen LogP contribution in [0.3, 0.4) is 0 Å². The van der Waals surface area contributed by atoms with Crippen LogP contribution in [0.15, 0.2) is 12.1 Å². The van der Waals surface area contributed by atoms with Gasteiger partial charge in [0.15, 0.2) is 0 Å². The number of likely N-dealkylation sites (tertiary alicyclic amines) is 1. The summed E-state index contributed by atoms with van der Waals surface area (Å²) in [6.07, 6.45) is 2.07. The predicted octanol–water partition coefficient (Wildman–Crippen LogP) is 3.58. The van der Waals surface area contributed by atoms with E-state index in [1.807, 2.05) is 0 Å². The number of hydrogen-bond acceptors (Lipinski definition) is 4. The van der Waals surface area contributed by atoms with Gasteiger partial charge in [0.25, 0.3) is 0 Å². The molecule has 26 heavy (non-hydrogen) atoms. The van der Waals surface area contributed by atoms with E-state index in [2.05, 4.69) is 12.2 Å². The van der Waals surface area contributed by atoms with Crippen molar-refractivity contribution in [2.45, 2.75) is 33.6 Å². The van der Waals surface area contributed by atoms with Crippen molar-refractivity contribution in [1.82, 2.24) is 4.90 Å². The Balaban J connectivity index is 2.21. The van der Waals surface area contributed by atoms with Gasteiger partial charge in [-0.3, -0.25) is 9.59 Å². The van der Waals surface area contributed by atoms with Crippen molar-refractivity contribution in [3.05, 3.63) is 17.2 Å². The van der Waals surface area contributed by atoms with Crippen LogP contribution in [0.4, 0.5) is 5.69 Å². The Morgan fingerprint density at radius 1 is 1.23 bits per heavy atom. The van der Waals surface area contributed by atoms with Crippen LogP contribution in [-0.2, 0) is 9.59 Å². The fourth-order valence-electron chi connectivity index (χ4n) is 3.10. The molecule has 0 aromatic heterocycles. The molecule has 1 fully saturated rings. The zero-order valence-corrected chi connectivity index (χ0v) is 16.8. The van der Waals surface area contributed by atoms with Crippen molar-refractivity contribution in [2.24, 2.45) is 11.3 Å². The van der Waals surface area contributed by atoms with Crippen LogP contribution in [0, 0.1) is 11.3 Å². The number of ether oxygens (including phenoxy) is 2. The van der Waals surface area contributed by atoms with E-state index in [1.54, 1.807) is 30.9 Å². The predicted molar refractivity (Wildman–Crippen MR) is 102 cm³/mol. The standard InChI is InChI=1S/C19H27ClN2O4/c1-12-7-6-8-22(11-12)18(24)19(2,3)17(23)21-14-10-15(25-4)13(20)9-16(14)26-5/h9-10,12H,6-8,11H2,1-5H3,(H,21,23). The van der Waals surface area contributed by atoms with Crippen LogP contribution >= 0.6 is 11.6 Å². The number of carbonyl (C=O) groups excluding carboxylic acids is 2. The number of hydrogen-bond donors (Lipinski definition) is 1. The average molecular weight is 383 g/mol. The summed E-state index contributed by atoms with van der Waals surface area (Å²) in [7, 11) is 2.98. The number of nitrogens with zero attached hydrogens (tertiary/aromatic N) is 1. The maximum Gasteiger partial charge on any atom is 0.239 e. The smallest absolute Gasteiger partial charge is 0.239 e. The molecule has 0 spiro atoms. The normalized spacial score (nSPS) is 17.6. The maximum absolute atomic E-state index is 12.9. The van der Waals surface area contributed by atoms with Crippen LogP contribution in [0.5, 0.6) is 11.5 Å². The minimum absolute atomic E-state index is 0.165. The van der Waals surface area contributed by atoms with E-state index >= 15 is 0 Å². The Bertz CT molecular complexity index is 690. The number of benzene rings is 1. The fraction of sp³-hybridized carbons (Fsp3) is 0.579. The van der Waals surface area contributed by atoms with Crippen molar-refractivity contribution in [3.63, 3.8) is 0 Å². The molecule has 0 radical (unpaired) electrons. The van der Waals surface area contributed by atoms with Gasteiger partial charge in [0.1, 0.15) is 16.9 Å². The maximum atomic E-state index is 12.9. The molecule has 1 aromatic rings. The van der Waals surface area contributed by atoms with E-state index < -0.39 is 11.3 Å². The lowest BCUT2D eigenvalue weighted by molar-refractivity contribution is -0.147. The first-order valence-corrected chi connectivity index (χ1v) is 9.10. The Morgan fingerprint density at radius 2 is 1.88 bits per heavy atom. The molecular formula is C19H27ClN2O4. The molecule has 1 atom stereocenters. The summed E-state index contributed by atoms with van der Waals surface area (Å²) >= 11 is 6.09. The number of methoxy groups -OCH3 is 2. The summed E-state index contributed by atoms with van der Waals surface area (Å²) in [6.45, 7) is 6.79. The fourth-order valence-corrected chi connectivity index (χ4v) is 3.33.